The van der Waals surface area contributed by atoms with E-state index in [2.05, 4.69) is 12.1 Å². The van der Waals surface area contributed by atoms with E-state index in [-0.39, 0.29) is 0 Å². The molecule has 1 fully saturated rings. The first-order valence-corrected chi connectivity index (χ1v) is 4.08. The van der Waals surface area contributed by atoms with Gasteiger partial charge in [0.2, 0.25) is 0 Å². The van der Waals surface area contributed by atoms with E-state index in [9.17, 15) is 0 Å². The molecule has 1 aliphatic rings. The Morgan fingerprint density at radius 2 is 2.42 bits per heavy atom. The Balaban J connectivity index is 2.14. The Hall–Kier alpha value is -1.25. The van der Waals surface area contributed by atoms with E-state index in [4.69, 9.17) is 9.62 Å². The van der Waals surface area contributed by atoms with Crippen molar-refractivity contribution in [2.24, 2.45) is 11.1 Å². The Bertz CT molecular complexity index is 303. The summed E-state index contributed by atoms with van der Waals surface area (Å²) in [6.07, 6.45) is 2.51. The second kappa shape index (κ2) is 2.66. The van der Waals surface area contributed by atoms with Crippen molar-refractivity contribution in [1.29, 1.82) is 0 Å². The molecule has 64 valence electrons. The first-order valence-electron chi connectivity index (χ1n) is 4.08. The van der Waals surface area contributed by atoms with Gasteiger partial charge in [0.15, 0.2) is 0 Å². The normalized spacial score (nSPS) is 28.1. The van der Waals surface area contributed by atoms with Crippen molar-refractivity contribution >= 4 is 6.21 Å². The van der Waals surface area contributed by atoms with Crippen LogP contribution < -0.4 is 0 Å². The van der Waals surface area contributed by atoms with Gasteiger partial charge in [0, 0.05) is 5.92 Å². The first-order chi connectivity index (χ1) is 5.81. The molecule has 1 aliphatic carbocycles. The Morgan fingerprint density at radius 1 is 1.67 bits per heavy atom. The van der Waals surface area contributed by atoms with Crippen LogP contribution in [0.15, 0.2) is 21.7 Å². The van der Waals surface area contributed by atoms with Gasteiger partial charge in [-0.3, -0.25) is 0 Å². The van der Waals surface area contributed by atoms with E-state index in [1.807, 2.05) is 12.1 Å². The lowest BCUT2D eigenvalue weighted by Gasteiger charge is -1.88. The topological polar surface area (TPSA) is 45.7 Å². The third-order valence-electron chi connectivity index (χ3n) is 2.31. The van der Waals surface area contributed by atoms with Crippen molar-refractivity contribution in [1.82, 2.24) is 0 Å². The molecule has 1 N–H and O–H groups in total. The summed E-state index contributed by atoms with van der Waals surface area (Å²) in [5.74, 6) is 2.96. The zero-order valence-electron chi connectivity index (χ0n) is 6.90. The van der Waals surface area contributed by atoms with Crippen LogP contribution in [0.4, 0.5) is 0 Å². The van der Waals surface area contributed by atoms with Crippen LogP contribution in [-0.2, 0) is 0 Å². The van der Waals surface area contributed by atoms with E-state index in [0.717, 1.165) is 11.7 Å². The Labute approximate surface area is 70.7 Å². The lowest BCUT2D eigenvalue weighted by atomic mass is 10.3. The lowest BCUT2D eigenvalue weighted by molar-refractivity contribution is 0.320. The molecule has 2 atom stereocenters. The summed E-state index contributed by atoms with van der Waals surface area (Å²) in [4.78, 5) is 0. The quantitative estimate of drug-likeness (QED) is 0.415. The van der Waals surface area contributed by atoms with Gasteiger partial charge in [-0.25, -0.2) is 0 Å². The summed E-state index contributed by atoms with van der Waals surface area (Å²) < 4.78 is 5.41. The van der Waals surface area contributed by atoms with Crippen LogP contribution in [0.25, 0.3) is 0 Å². The predicted molar refractivity (Wildman–Crippen MR) is 44.6 cm³/mol. The van der Waals surface area contributed by atoms with Crippen molar-refractivity contribution in [3.05, 3.63) is 23.7 Å². The standard InChI is InChI=1S/C9H11NO2/c1-6-4-8(6)9-3-2-7(12-9)5-10-11/h2-3,5-6,8,11H,4H2,1H3/b10-5-/t6-,8-/m1/s1. The molecule has 0 aromatic carbocycles. The smallest absolute Gasteiger partial charge is 0.148 e. The van der Waals surface area contributed by atoms with Gasteiger partial charge in [-0.1, -0.05) is 12.1 Å². The molecule has 1 aromatic rings. The fourth-order valence-corrected chi connectivity index (χ4v) is 1.41. The van der Waals surface area contributed by atoms with Gasteiger partial charge in [0.1, 0.15) is 17.7 Å². The van der Waals surface area contributed by atoms with Crippen molar-refractivity contribution in [3.8, 4) is 0 Å². The van der Waals surface area contributed by atoms with E-state index < -0.39 is 0 Å². The molecule has 0 unspecified atom stereocenters. The van der Waals surface area contributed by atoms with Gasteiger partial charge >= 0.3 is 0 Å². The molecule has 0 saturated heterocycles. The van der Waals surface area contributed by atoms with Crippen LogP contribution in [0.5, 0.6) is 0 Å². The minimum absolute atomic E-state index is 0.589. The summed E-state index contributed by atoms with van der Waals surface area (Å²) in [6.45, 7) is 2.20. The number of nitrogens with zero attached hydrogens (tertiary/aromatic N) is 1. The SMILES string of the molecule is C[C@@H]1C[C@H]1c1ccc(/C=N\O)o1. The van der Waals surface area contributed by atoms with Crippen LogP contribution >= 0.6 is 0 Å². The third-order valence-corrected chi connectivity index (χ3v) is 2.31. The average molecular weight is 165 g/mol. The molecule has 1 saturated carbocycles. The number of hydrogen-bond acceptors (Lipinski definition) is 3. The van der Waals surface area contributed by atoms with Crippen LogP contribution in [0, 0.1) is 5.92 Å². The van der Waals surface area contributed by atoms with Gasteiger partial charge in [0.05, 0.1) is 0 Å². The maximum Gasteiger partial charge on any atom is 0.148 e. The highest BCUT2D eigenvalue weighted by molar-refractivity contribution is 5.75. The number of rotatable bonds is 2. The molecular weight excluding hydrogens is 154 g/mol. The molecule has 0 amide bonds. The lowest BCUT2D eigenvalue weighted by Crippen LogP contribution is -1.75. The molecule has 0 radical (unpaired) electrons. The minimum atomic E-state index is 0.589. The van der Waals surface area contributed by atoms with Crippen molar-refractivity contribution in [2.75, 3.05) is 0 Å². The van der Waals surface area contributed by atoms with Crippen molar-refractivity contribution < 1.29 is 9.62 Å². The highest BCUT2D eigenvalue weighted by Gasteiger charge is 2.36. The van der Waals surface area contributed by atoms with E-state index in [1.165, 1.54) is 12.6 Å². The summed E-state index contributed by atoms with van der Waals surface area (Å²) >= 11 is 0. The second-order valence-electron chi connectivity index (χ2n) is 3.30. The Kier molecular flexibility index (Phi) is 1.64. The summed E-state index contributed by atoms with van der Waals surface area (Å²) in [5.41, 5.74) is 0. The molecule has 3 heteroatoms. The molecule has 1 heterocycles. The molecule has 2 rings (SSSR count). The van der Waals surface area contributed by atoms with Gasteiger partial charge < -0.3 is 9.62 Å². The molecule has 0 bridgehead atoms. The monoisotopic (exact) mass is 165 g/mol. The third kappa shape index (κ3) is 1.22. The van der Waals surface area contributed by atoms with E-state index >= 15 is 0 Å². The minimum Gasteiger partial charge on any atom is -0.460 e. The maximum atomic E-state index is 8.24. The van der Waals surface area contributed by atoms with Crippen LogP contribution in [0.3, 0.4) is 0 Å². The highest BCUT2D eigenvalue weighted by atomic mass is 16.4. The van der Waals surface area contributed by atoms with E-state index in [1.54, 1.807) is 0 Å². The molecular formula is C9H11NO2. The van der Waals surface area contributed by atoms with Gasteiger partial charge in [-0.05, 0) is 24.5 Å². The largest absolute Gasteiger partial charge is 0.460 e. The van der Waals surface area contributed by atoms with Gasteiger partial charge in [-0.2, -0.15) is 0 Å². The van der Waals surface area contributed by atoms with E-state index in [0.29, 0.717) is 11.7 Å². The Morgan fingerprint density at radius 3 is 3.00 bits per heavy atom. The summed E-state index contributed by atoms with van der Waals surface area (Å²) in [6, 6.07) is 3.77. The zero-order valence-corrected chi connectivity index (χ0v) is 6.90. The fourth-order valence-electron chi connectivity index (χ4n) is 1.41. The predicted octanol–water partition coefficient (Wildman–Crippen LogP) is 2.21. The van der Waals surface area contributed by atoms with Crippen LogP contribution in [-0.4, -0.2) is 11.4 Å². The van der Waals surface area contributed by atoms with Gasteiger partial charge in [-0.15, -0.1) is 0 Å². The average Bonchev–Trinajstić information content (AvgIpc) is 2.62. The van der Waals surface area contributed by atoms with Crippen LogP contribution in [0.2, 0.25) is 0 Å². The van der Waals surface area contributed by atoms with Gasteiger partial charge in [0.25, 0.3) is 0 Å². The molecule has 1 aromatic heterocycles. The summed E-state index contributed by atoms with van der Waals surface area (Å²) in [5, 5.41) is 11.1. The number of furan rings is 1. The zero-order chi connectivity index (χ0) is 8.55. The fraction of sp³-hybridized carbons (Fsp3) is 0.444. The highest BCUT2D eigenvalue weighted by Crippen LogP contribution is 2.47. The van der Waals surface area contributed by atoms with Crippen molar-refractivity contribution in [3.63, 3.8) is 0 Å². The molecule has 3 nitrogen and oxygen atoms in total. The molecule has 12 heavy (non-hydrogen) atoms. The number of hydrogen-bond donors (Lipinski definition) is 1. The second-order valence-corrected chi connectivity index (χ2v) is 3.30. The van der Waals surface area contributed by atoms with Crippen LogP contribution in [0.1, 0.15) is 30.8 Å². The molecule has 0 aliphatic heterocycles. The molecule has 0 spiro atoms. The number of oxime groups is 1. The maximum absolute atomic E-state index is 8.24. The van der Waals surface area contributed by atoms with Crippen molar-refractivity contribution in [2.45, 2.75) is 19.3 Å². The summed E-state index contributed by atoms with van der Waals surface area (Å²) in [7, 11) is 0. The first kappa shape index (κ1) is 7.40.